The average molecular weight is 360 g/mol. The summed E-state index contributed by atoms with van der Waals surface area (Å²) in [6.07, 6.45) is 1.71. The number of halogens is 1. The van der Waals surface area contributed by atoms with Gasteiger partial charge in [0.2, 0.25) is 0 Å². The second-order valence-corrected chi connectivity index (χ2v) is 6.60. The van der Waals surface area contributed by atoms with E-state index in [2.05, 4.69) is 0 Å². The van der Waals surface area contributed by atoms with Crippen LogP contribution in [0.1, 0.15) is 11.1 Å². The van der Waals surface area contributed by atoms with E-state index in [-0.39, 0.29) is 17.7 Å². The van der Waals surface area contributed by atoms with Crippen molar-refractivity contribution in [3.8, 4) is 5.75 Å². The van der Waals surface area contributed by atoms with E-state index >= 15 is 0 Å². The summed E-state index contributed by atoms with van der Waals surface area (Å²) in [7, 11) is 1.59. The van der Waals surface area contributed by atoms with E-state index in [1.807, 2.05) is 24.3 Å². The second kappa shape index (κ2) is 7.11. The molecule has 24 heavy (non-hydrogen) atoms. The van der Waals surface area contributed by atoms with Crippen molar-refractivity contribution in [2.45, 2.75) is 6.54 Å². The van der Waals surface area contributed by atoms with E-state index in [0.717, 1.165) is 28.6 Å². The molecule has 0 bridgehead atoms. The largest absolute Gasteiger partial charge is 0.497 e. The zero-order valence-electron chi connectivity index (χ0n) is 12.9. The molecule has 4 nitrogen and oxygen atoms in total. The molecule has 1 heterocycles. The number of carbonyl (C=O) groups excluding carboxylic acids is 2. The first-order chi connectivity index (χ1) is 11.6. The maximum absolute atomic E-state index is 12.5. The third-order valence-electron chi connectivity index (χ3n) is 3.54. The molecule has 0 spiro atoms. The van der Waals surface area contributed by atoms with Crippen LogP contribution in [0.4, 0.5) is 4.79 Å². The molecule has 2 aromatic rings. The van der Waals surface area contributed by atoms with Crippen molar-refractivity contribution in [1.29, 1.82) is 0 Å². The molecule has 0 aromatic heterocycles. The molecule has 122 valence electrons. The third kappa shape index (κ3) is 3.63. The molecule has 0 unspecified atom stereocenters. The number of ether oxygens (including phenoxy) is 1. The Morgan fingerprint density at radius 2 is 1.75 bits per heavy atom. The van der Waals surface area contributed by atoms with Gasteiger partial charge in [0.05, 0.1) is 18.6 Å². The topological polar surface area (TPSA) is 46.6 Å². The predicted octanol–water partition coefficient (Wildman–Crippen LogP) is 4.59. The SMILES string of the molecule is COc1ccc(/C=C2/SC(=O)N(Cc3ccc(Cl)cc3)C2=O)cc1. The molecule has 0 aliphatic carbocycles. The quantitative estimate of drug-likeness (QED) is 0.749. The van der Waals surface area contributed by atoms with Crippen LogP contribution in [-0.4, -0.2) is 23.2 Å². The Labute approximate surface area is 149 Å². The van der Waals surface area contributed by atoms with Gasteiger partial charge < -0.3 is 4.74 Å². The summed E-state index contributed by atoms with van der Waals surface area (Å²) in [5, 5.41) is 0.349. The fourth-order valence-electron chi connectivity index (χ4n) is 2.26. The van der Waals surface area contributed by atoms with E-state index < -0.39 is 0 Å². The maximum Gasteiger partial charge on any atom is 0.293 e. The van der Waals surface area contributed by atoms with Gasteiger partial charge in [-0.05, 0) is 53.2 Å². The first-order valence-corrected chi connectivity index (χ1v) is 8.40. The number of hydrogen-bond donors (Lipinski definition) is 0. The lowest BCUT2D eigenvalue weighted by molar-refractivity contribution is -0.123. The van der Waals surface area contributed by atoms with Crippen LogP contribution in [0.3, 0.4) is 0 Å². The minimum absolute atomic E-state index is 0.238. The van der Waals surface area contributed by atoms with Crippen LogP contribution < -0.4 is 4.74 Å². The van der Waals surface area contributed by atoms with Crippen LogP contribution in [0, 0.1) is 0 Å². The molecule has 3 rings (SSSR count). The molecular formula is C18H14ClNO3S. The number of imide groups is 1. The molecule has 1 aliphatic heterocycles. The maximum atomic E-state index is 12.5. The van der Waals surface area contributed by atoms with Gasteiger partial charge in [-0.3, -0.25) is 14.5 Å². The fourth-order valence-corrected chi connectivity index (χ4v) is 3.22. The molecule has 1 aliphatic rings. The Balaban J connectivity index is 1.77. The molecule has 1 fully saturated rings. The highest BCUT2D eigenvalue weighted by Gasteiger charge is 2.34. The molecule has 1 saturated heterocycles. The van der Waals surface area contributed by atoms with Crippen LogP contribution in [0.5, 0.6) is 5.75 Å². The predicted molar refractivity (Wildman–Crippen MR) is 96.0 cm³/mol. The normalized spacial score (nSPS) is 16.1. The number of thioether (sulfide) groups is 1. The summed E-state index contributed by atoms with van der Waals surface area (Å²) >= 11 is 6.80. The standard InChI is InChI=1S/C18H14ClNO3S/c1-23-15-8-4-12(5-9-15)10-16-17(21)20(18(22)24-16)11-13-2-6-14(19)7-3-13/h2-10H,11H2,1H3/b16-10+. The van der Waals surface area contributed by atoms with Gasteiger partial charge >= 0.3 is 0 Å². The van der Waals surface area contributed by atoms with Gasteiger partial charge in [-0.25, -0.2) is 0 Å². The minimum atomic E-state index is -0.282. The summed E-state index contributed by atoms with van der Waals surface area (Å²) in [5.74, 6) is 0.457. The molecule has 0 saturated carbocycles. The number of carbonyl (C=O) groups is 2. The van der Waals surface area contributed by atoms with Crippen LogP contribution in [0.25, 0.3) is 6.08 Å². The molecule has 2 amide bonds. The molecule has 0 radical (unpaired) electrons. The zero-order valence-corrected chi connectivity index (χ0v) is 14.4. The highest BCUT2D eigenvalue weighted by Crippen LogP contribution is 2.33. The van der Waals surface area contributed by atoms with Crippen molar-refractivity contribution < 1.29 is 14.3 Å². The van der Waals surface area contributed by atoms with Gasteiger partial charge in [-0.2, -0.15) is 0 Å². The van der Waals surface area contributed by atoms with Gasteiger partial charge in [0, 0.05) is 5.02 Å². The Bertz CT molecular complexity index is 800. The van der Waals surface area contributed by atoms with E-state index in [1.54, 1.807) is 37.5 Å². The number of hydrogen-bond acceptors (Lipinski definition) is 4. The van der Waals surface area contributed by atoms with Crippen molar-refractivity contribution in [1.82, 2.24) is 4.90 Å². The summed E-state index contributed by atoms with van der Waals surface area (Å²) in [4.78, 5) is 26.3. The first-order valence-electron chi connectivity index (χ1n) is 7.20. The zero-order chi connectivity index (χ0) is 17.1. The van der Waals surface area contributed by atoms with Gasteiger partial charge in [0.15, 0.2) is 0 Å². The smallest absolute Gasteiger partial charge is 0.293 e. The van der Waals surface area contributed by atoms with Crippen LogP contribution >= 0.6 is 23.4 Å². The summed E-state index contributed by atoms with van der Waals surface area (Å²) in [5.41, 5.74) is 1.69. The highest BCUT2D eigenvalue weighted by molar-refractivity contribution is 8.18. The van der Waals surface area contributed by atoms with Crippen LogP contribution in [0.2, 0.25) is 5.02 Å². The van der Waals surface area contributed by atoms with E-state index in [4.69, 9.17) is 16.3 Å². The third-order valence-corrected chi connectivity index (χ3v) is 4.70. The van der Waals surface area contributed by atoms with Gasteiger partial charge in [0.25, 0.3) is 11.1 Å². The van der Waals surface area contributed by atoms with E-state index in [9.17, 15) is 9.59 Å². The Morgan fingerprint density at radius 3 is 2.38 bits per heavy atom. The van der Waals surface area contributed by atoms with Gasteiger partial charge in [-0.1, -0.05) is 35.9 Å². The molecule has 2 aromatic carbocycles. The summed E-state index contributed by atoms with van der Waals surface area (Å²) in [6.45, 7) is 0.238. The van der Waals surface area contributed by atoms with Crippen LogP contribution in [-0.2, 0) is 11.3 Å². The molecular weight excluding hydrogens is 346 g/mol. The van der Waals surface area contributed by atoms with Crippen molar-refractivity contribution in [2.75, 3.05) is 7.11 Å². The lowest BCUT2D eigenvalue weighted by Gasteiger charge is -2.12. The number of rotatable bonds is 4. The Kier molecular flexibility index (Phi) is 4.92. The van der Waals surface area contributed by atoms with Crippen molar-refractivity contribution in [3.05, 3.63) is 69.6 Å². The van der Waals surface area contributed by atoms with Crippen molar-refractivity contribution >= 4 is 40.6 Å². The summed E-state index contributed by atoms with van der Waals surface area (Å²) < 4.78 is 5.10. The summed E-state index contributed by atoms with van der Waals surface area (Å²) in [6, 6.07) is 14.4. The number of nitrogens with zero attached hydrogens (tertiary/aromatic N) is 1. The van der Waals surface area contributed by atoms with Crippen molar-refractivity contribution in [3.63, 3.8) is 0 Å². The van der Waals surface area contributed by atoms with Gasteiger partial charge in [0.1, 0.15) is 5.75 Å². The minimum Gasteiger partial charge on any atom is -0.497 e. The second-order valence-electron chi connectivity index (χ2n) is 5.17. The highest BCUT2D eigenvalue weighted by atomic mass is 35.5. The Hall–Kier alpha value is -2.24. The van der Waals surface area contributed by atoms with Crippen LogP contribution in [0.15, 0.2) is 53.4 Å². The number of amides is 2. The van der Waals surface area contributed by atoms with Gasteiger partial charge in [-0.15, -0.1) is 0 Å². The molecule has 0 atom stereocenters. The Morgan fingerprint density at radius 1 is 1.08 bits per heavy atom. The number of methoxy groups -OCH3 is 1. The van der Waals surface area contributed by atoms with E-state index in [0.29, 0.717) is 9.93 Å². The van der Waals surface area contributed by atoms with E-state index in [1.165, 1.54) is 4.90 Å². The lowest BCUT2D eigenvalue weighted by Crippen LogP contribution is -2.27. The van der Waals surface area contributed by atoms with Crippen molar-refractivity contribution in [2.24, 2.45) is 0 Å². The first kappa shape index (κ1) is 16.6. The molecule has 6 heteroatoms. The monoisotopic (exact) mass is 359 g/mol. The molecule has 0 N–H and O–H groups in total. The fraction of sp³-hybridized carbons (Fsp3) is 0.111. The lowest BCUT2D eigenvalue weighted by atomic mass is 10.2. The number of benzene rings is 2. The average Bonchev–Trinajstić information content (AvgIpc) is 2.85.